The van der Waals surface area contributed by atoms with Crippen LogP contribution in [0, 0.1) is 11.3 Å². The largest absolute Gasteiger partial charge is 0.490 e. The number of nitrogens with zero attached hydrogens (tertiary/aromatic N) is 2. The molecule has 0 amide bonds. The van der Waals surface area contributed by atoms with E-state index in [2.05, 4.69) is 4.98 Å². The fraction of sp³-hybridized carbons (Fsp3) is 0.300. The molecule has 14 heavy (non-hydrogen) atoms. The zero-order valence-corrected chi connectivity index (χ0v) is 7.43. The summed E-state index contributed by atoms with van der Waals surface area (Å²) in [5, 5.41) is 8.62. The Balaban J connectivity index is 2.31. The Morgan fingerprint density at radius 3 is 3.00 bits per heavy atom. The van der Waals surface area contributed by atoms with Crippen LogP contribution in [0.4, 0.5) is 0 Å². The Bertz CT molecular complexity index is 405. The van der Waals surface area contributed by atoms with Gasteiger partial charge in [0, 0.05) is 12.3 Å². The van der Waals surface area contributed by atoms with Crippen LogP contribution in [0.25, 0.3) is 0 Å². The van der Waals surface area contributed by atoms with Gasteiger partial charge in [-0.15, -0.1) is 0 Å². The number of carbonyl (C=O) groups is 1. The van der Waals surface area contributed by atoms with Crippen LogP contribution in [0.2, 0.25) is 0 Å². The molecule has 4 heteroatoms. The highest BCUT2D eigenvalue weighted by Gasteiger charge is 2.24. The summed E-state index contributed by atoms with van der Waals surface area (Å²) in [6.07, 6.45) is 4.29. The summed E-state index contributed by atoms with van der Waals surface area (Å²) >= 11 is 0. The first kappa shape index (κ1) is 8.70. The molecule has 1 fully saturated rings. The van der Waals surface area contributed by atoms with Gasteiger partial charge in [0.25, 0.3) is 0 Å². The number of ether oxygens (including phenoxy) is 1. The number of hydrogen-bond acceptors (Lipinski definition) is 4. The molecule has 1 aromatic rings. The lowest BCUT2D eigenvalue weighted by molar-refractivity contribution is 0.111. The molecular weight excluding hydrogens is 180 g/mol. The average Bonchev–Trinajstić information content (AvgIpc) is 3.01. The van der Waals surface area contributed by atoms with Crippen LogP contribution in [0.15, 0.2) is 12.3 Å². The fourth-order valence-corrected chi connectivity index (χ4v) is 1.06. The van der Waals surface area contributed by atoms with Crippen LogP contribution in [0.1, 0.15) is 28.9 Å². The van der Waals surface area contributed by atoms with E-state index in [0.29, 0.717) is 17.6 Å². The molecule has 1 aliphatic carbocycles. The SMILES string of the molecule is N#Cc1cc(OC2CC2)c(C=O)cn1. The van der Waals surface area contributed by atoms with Gasteiger partial charge in [0.05, 0.1) is 11.7 Å². The van der Waals surface area contributed by atoms with Crippen LogP contribution in [-0.2, 0) is 0 Å². The monoisotopic (exact) mass is 188 g/mol. The van der Waals surface area contributed by atoms with Crippen molar-refractivity contribution in [3.63, 3.8) is 0 Å². The number of aromatic nitrogens is 1. The Hall–Kier alpha value is -1.89. The maximum absolute atomic E-state index is 10.6. The van der Waals surface area contributed by atoms with E-state index in [0.717, 1.165) is 12.8 Å². The molecule has 0 N–H and O–H groups in total. The molecule has 0 unspecified atom stereocenters. The highest BCUT2D eigenvalue weighted by molar-refractivity contribution is 5.78. The summed E-state index contributed by atoms with van der Waals surface area (Å²) in [6, 6.07) is 3.41. The van der Waals surface area contributed by atoms with Crippen molar-refractivity contribution in [3.8, 4) is 11.8 Å². The van der Waals surface area contributed by atoms with Crippen LogP contribution >= 0.6 is 0 Å². The number of carbonyl (C=O) groups excluding carboxylic acids is 1. The predicted octanol–water partition coefficient (Wildman–Crippen LogP) is 1.31. The van der Waals surface area contributed by atoms with E-state index in [9.17, 15) is 4.79 Å². The third kappa shape index (κ3) is 1.72. The van der Waals surface area contributed by atoms with Gasteiger partial charge in [-0.1, -0.05) is 0 Å². The third-order valence-electron chi connectivity index (χ3n) is 1.95. The summed E-state index contributed by atoms with van der Waals surface area (Å²) < 4.78 is 5.47. The second-order valence-corrected chi connectivity index (χ2v) is 3.15. The highest BCUT2D eigenvalue weighted by Crippen LogP contribution is 2.28. The first-order valence-electron chi connectivity index (χ1n) is 4.35. The molecule has 1 saturated carbocycles. The van der Waals surface area contributed by atoms with Crippen molar-refractivity contribution < 1.29 is 9.53 Å². The van der Waals surface area contributed by atoms with E-state index in [1.807, 2.05) is 6.07 Å². The second-order valence-electron chi connectivity index (χ2n) is 3.15. The molecule has 4 nitrogen and oxygen atoms in total. The van der Waals surface area contributed by atoms with E-state index in [-0.39, 0.29) is 11.8 Å². The Morgan fingerprint density at radius 2 is 2.43 bits per heavy atom. The number of aldehydes is 1. The van der Waals surface area contributed by atoms with Crippen molar-refractivity contribution in [1.29, 1.82) is 5.26 Å². The molecule has 0 atom stereocenters. The van der Waals surface area contributed by atoms with Gasteiger partial charge in [-0.2, -0.15) is 5.26 Å². The predicted molar refractivity (Wildman–Crippen MR) is 48.0 cm³/mol. The van der Waals surface area contributed by atoms with Crippen molar-refractivity contribution in [2.24, 2.45) is 0 Å². The van der Waals surface area contributed by atoms with Gasteiger partial charge in [0.15, 0.2) is 6.29 Å². The summed E-state index contributed by atoms with van der Waals surface area (Å²) in [6.45, 7) is 0. The number of hydrogen-bond donors (Lipinski definition) is 0. The first-order chi connectivity index (χ1) is 6.83. The number of rotatable bonds is 3. The van der Waals surface area contributed by atoms with Gasteiger partial charge < -0.3 is 4.74 Å². The molecule has 0 spiro atoms. The molecular formula is C10H8N2O2. The summed E-state index contributed by atoms with van der Waals surface area (Å²) in [7, 11) is 0. The number of nitriles is 1. The van der Waals surface area contributed by atoms with Crippen LogP contribution in [-0.4, -0.2) is 17.4 Å². The average molecular weight is 188 g/mol. The Kier molecular flexibility index (Phi) is 2.15. The van der Waals surface area contributed by atoms with Crippen LogP contribution in [0.5, 0.6) is 5.75 Å². The molecule has 1 heterocycles. The maximum atomic E-state index is 10.6. The minimum atomic E-state index is 0.211. The lowest BCUT2D eigenvalue weighted by Gasteiger charge is -2.05. The lowest BCUT2D eigenvalue weighted by atomic mass is 10.2. The van der Waals surface area contributed by atoms with Crippen molar-refractivity contribution in [1.82, 2.24) is 4.98 Å². The van der Waals surface area contributed by atoms with Gasteiger partial charge in [-0.25, -0.2) is 4.98 Å². The van der Waals surface area contributed by atoms with Gasteiger partial charge >= 0.3 is 0 Å². The van der Waals surface area contributed by atoms with E-state index in [1.165, 1.54) is 12.3 Å². The molecule has 1 aliphatic rings. The smallest absolute Gasteiger partial charge is 0.155 e. The van der Waals surface area contributed by atoms with Crippen LogP contribution in [0.3, 0.4) is 0 Å². The quantitative estimate of drug-likeness (QED) is 0.671. The fourth-order valence-electron chi connectivity index (χ4n) is 1.06. The summed E-state index contributed by atoms with van der Waals surface area (Å²) in [5.74, 6) is 0.467. The Labute approximate surface area is 81.1 Å². The van der Waals surface area contributed by atoms with E-state index in [4.69, 9.17) is 10.00 Å². The molecule has 70 valence electrons. The highest BCUT2D eigenvalue weighted by atomic mass is 16.5. The molecule has 0 bridgehead atoms. The van der Waals surface area contributed by atoms with Crippen molar-refractivity contribution >= 4 is 6.29 Å². The van der Waals surface area contributed by atoms with Gasteiger partial charge in [-0.3, -0.25) is 4.79 Å². The van der Waals surface area contributed by atoms with E-state index in [1.54, 1.807) is 0 Å². The minimum absolute atomic E-state index is 0.211. The summed E-state index contributed by atoms with van der Waals surface area (Å²) in [4.78, 5) is 14.4. The van der Waals surface area contributed by atoms with Crippen molar-refractivity contribution in [3.05, 3.63) is 23.5 Å². The zero-order valence-electron chi connectivity index (χ0n) is 7.43. The normalized spacial score (nSPS) is 14.5. The second kappa shape index (κ2) is 3.46. The van der Waals surface area contributed by atoms with Crippen molar-refractivity contribution in [2.45, 2.75) is 18.9 Å². The van der Waals surface area contributed by atoms with Gasteiger partial charge in [0.1, 0.15) is 17.5 Å². The molecule has 0 aromatic carbocycles. The Morgan fingerprint density at radius 1 is 1.64 bits per heavy atom. The van der Waals surface area contributed by atoms with Gasteiger partial charge in [0.2, 0.25) is 0 Å². The van der Waals surface area contributed by atoms with E-state index < -0.39 is 0 Å². The molecule has 0 aliphatic heterocycles. The van der Waals surface area contributed by atoms with Gasteiger partial charge in [-0.05, 0) is 12.8 Å². The molecule has 0 radical (unpaired) electrons. The zero-order chi connectivity index (χ0) is 9.97. The topological polar surface area (TPSA) is 63.0 Å². The van der Waals surface area contributed by atoms with Crippen LogP contribution < -0.4 is 4.74 Å². The first-order valence-corrected chi connectivity index (χ1v) is 4.35. The minimum Gasteiger partial charge on any atom is -0.490 e. The lowest BCUT2D eigenvalue weighted by Crippen LogP contribution is -2.00. The number of pyridine rings is 1. The summed E-state index contributed by atoms with van der Waals surface area (Å²) in [5.41, 5.74) is 0.669. The molecule has 2 rings (SSSR count). The standard InChI is InChI=1S/C10H8N2O2/c11-4-8-3-10(14-9-1-2-9)7(6-13)5-12-8/h3,5-6,9H,1-2H2. The van der Waals surface area contributed by atoms with Crippen molar-refractivity contribution in [2.75, 3.05) is 0 Å². The third-order valence-corrected chi connectivity index (χ3v) is 1.95. The maximum Gasteiger partial charge on any atom is 0.155 e. The molecule has 0 saturated heterocycles. The van der Waals surface area contributed by atoms with E-state index >= 15 is 0 Å². The molecule has 1 aromatic heterocycles.